The third-order valence-corrected chi connectivity index (χ3v) is 4.26. The number of likely N-dealkylation sites (tertiary alicyclic amines) is 1. The molecular formula is C15H29NO. The molecule has 0 spiro atoms. The van der Waals surface area contributed by atoms with E-state index in [-0.39, 0.29) is 5.54 Å². The average Bonchev–Trinajstić information content (AvgIpc) is 2.13. The summed E-state index contributed by atoms with van der Waals surface area (Å²) in [4.78, 5) is 13.4. The standard InChI is InChI=1S/C15H29NO/c1-11(2)8-15(7)12(3)13(16(15)10-17)9-14(4,5)6/h10-13H,8-9H2,1-7H3. The second-order valence-corrected chi connectivity index (χ2v) is 7.59. The number of carbonyl (C=O) groups excluding carboxylic acids is 1. The molecule has 2 heteroatoms. The fourth-order valence-corrected chi connectivity index (χ4v) is 3.41. The normalized spacial score (nSPS) is 33.8. The molecule has 100 valence electrons. The third-order valence-electron chi connectivity index (χ3n) is 4.26. The minimum Gasteiger partial charge on any atom is -0.336 e. The predicted octanol–water partition coefficient (Wildman–Crippen LogP) is 3.70. The van der Waals surface area contributed by atoms with Crippen LogP contribution in [0.25, 0.3) is 0 Å². The predicted molar refractivity (Wildman–Crippen MR) is 72.8 cm³/mol. The number of hydrogen-bond acceptors (Lipinski definition) is 1. The first kappa shape index (κ1) is 14.5. The van der Waals surface area contributed by atoms with E-state index in [4.69, 9.17) is 0 Å². The molecule has 1 fully saturated rings. The summed E-state index contributed by atoms with van der Waals surface area (Å²) >= 11 is 0. The molecule has 17 heavy (non-hydrogen) atoms. The van der Waals surface area contributed by atoms with Gasteiger partial charge in [-0.3, -0.25) is 4.79 Å². The molecule has 1 amide bonds. The third kappa shape index (κ3) is 2.83. The molecule has 0 aromatic rings. The van der Waals surface area contributed by atoms with Crippen LogP contribution in [0.1, 0.15) is 61.3 Å². The maximum absolute atomic E-state index is 11.4. The molecule has 3 unspecified atom stereocenters. The molecule has 0 aromatic carbocycles. The Morgan fingerprint density at radius 2 is 1.88 bits per heavy atom. The van der Waals surface area contributed by atoms with Crippen molar-refractivity contribution in [2.75, 3.05) is 0 Å². The summed E-state index contributed by atoms with van der Waals surface area (Å²) in [5.74, 6) is 1.25. The molecule has 0 bridgehead atoms. The zero-order chi connectivity index (χ0) is 13.4. The molecule has 0 N–H and O–H groups in total. The van der Waals surface area contributed by atoms with Gasteiger partial charge >= 0.3 is 0 Å². The summed E-state index contributed by atoms with van der Waals surface area (Å²) < 4.78 is 0. The number of hydrogen-bond donors (Lipinski definition) is 0. The Morgan fingerprint density at radius 1 is 1.35 bits per heavy atom. The van der Waals surface area contributed by atoms with Crippen LogP contribution < -0.4 is 0 Å². The maximum Gasteiger partial charge on any atom is 0.210 e. The van der Waals surface area contributed by atoms with Crippen LogP contribution in [-0.4, -0.2) is 22.9 Å². The van der Waals surface area contributed by atoms with Crippen LogP contribution in [0.4, 0.5) is 0 Å². The number of rotatable bonds is 4. The lowest BCUT2D eigenvalue weighted by Gasteiger charge is -2.62. The monoisotopic (exact) mass is 239 g/mol. The molecule has 2 nitrogen and oxygen atoms in total. The van der Waals surface area contributed by atoms with Crippen molar-refractivity contribution in [1.29, 1.82) is 0 Å². The van der Waals surface area contributed by atoms with E-state index < -0.39 is 0 Å². The maximum atomic E-state index is 11.4. The second kappa shape index (κ2) is 4.62. The Morgan fingerprint density at radius 3 is 2.24 bits per heavy atom. The summed E-state index contributed by atoms with van der Waals surface area (Å²) in [6.45, 7) is 15.8. The molecule has 0 radical (unpaired) electrons. The van der Waals surface area contributed by atoms with Crippen molar-refractivity contribution in [3.63, 3.8) is 0 Å². The van der Waals surface area contributed by atoms with E-state index in [1.807, 2.05) is 0 Å². The summed E-state index contributed by atoms with van der Waals surface area (Å²) in [6.07, 6.45) is 3.27. The Kier molecular flexibility index (Phi) is 3.95. The molecule has 1 aliphatic rings. The summed E-state index contributed by atoms with van der Waals surface area (Å²) in [6, 6.07) is 0.427. The number of carbonyl (C=O) groups is 1. The largest absolute Gasteiger partial charge is 0.336 e. The van der Waals surface area contributed by atoms with Crippen LogP contribution in [0, 0.1) is 17.3 Å². The van der Waals surface area contributed by atoms with E-state index in [1.165, 1.54) is 0 Å². The Balaban J connectivity index is 2.77. The molecule has 1 heterocycles. The Bertz CT molecular complexity index is 279. The van der Waals surface area contributed by atoms with Crippen LogP contribution in [0.15, 0.2) is 0 Å². The Hall–Kier alpha value is -0.530. The van der Waals surface area contributed by atoms with Gasteiger partial charge in [0.25, 0.3) is 0 Å². The summed E-state index contributed by atoms with van der Waals surface area (Å²) in [5, 5.41) is 0. The fraction of sp³-hybridized carbons (Fsp3) is 0.933. The molecule has 1 rings (SSSR count). The van der Waals surface area contributed by atoms with Crippen molar-refractivity contribution in [3.8, 4) is 0 Å². The van der Waals surface area contributed by atoms with Gasteiger partial charge < -0.3 is 4.90 Å². The van der Waals surface area contributed by atoms with Crippen molar-refractivity contribution in [2.45, 2.75) is 72.9 Å². The van der Waals surface area contributed by atoms with Crippen molar-refractivity contribution >= 4 is 6.41 Å². The van der Waals surface area contributed by atoms with Crippen LogP contribution in [0.2, 0.25) is 0 Å². The SMILES string of the molecule is CC(C)CC1(C)C(C)C(CC(C)(C)C)N1C=O. The highest BCUT2D eigenvalue weighted by Crippen LogP contribution is 2.48. The highest BCUT2D eigenvalue weighted by atomic mass is 16.1. The highest BCUT2D eigenvalue weighted by molar-refractivity contribution is 5.53. The van der Waals surface area contributed by atoms with E-state index in [0.29, 0.717) is 23.3 Å². The highest BCUT2D eigenvalue weighted by Gasteiger charge is 2.54. The minimum atomic E-state index is 0.0752. The van der Waals surface area contributed by atoms with Gasteiger partial charge in [-0.2, -0.15) is 0 Å². The first-order chi connectivity index (χ1) is 7.62. The van der Waals surface area contributed by atoms with Gasteiger partial charge in [0.05, 0.1) is 0 Å². The first-order valence-electron chi connectivity index (χ1n) is 6.85. The molecule has 0 saturated carbocycles. The van der Waals surface area contributed by atoms with Gasteiger partial charge in [-0.05, 0) is 37.0 Å². The van der Waals surface area contributed by atoms with E-state index in [9.17, 15) is 4.79 Å². The Labute approximate surface area is 107 Å². The average molecular weight is 239 g/mol. The van der Waals surface area contributed by atoms with E-state index in [0.717, 1.165) is 19.3 Å². The number of amides is 1. The first-order valence-corrected chi connectivity index (χ1v) is 6.85. The van der Waals surface area contributed by atoms with Gasteiger partial charge in [0.2, 0.25) is 6.41 Å². The minimum absolute atomic E-state index is 0.0752. The van der Waals surface area contributed by atoms with Gasteiger partial charge in [0.1, 0.15) is 0 Å². The number of nitrogens with zero attached hydrogens (tertiary/aromatic N) is 1. The van der Waals surface area contributed by atoms with Crippen molar-refractivity contribution in [3.05, 3.63) is 0 Å². The van der Waals surface area contributed by atoms with Crippen LogP contribution >= 0.6 is 0 Å². The quantitative estimate of drug-likeness (QED) is 0.685. The van der Waals surface area contributed by atoms with Crippen LogP contribution in [0.5, 0.6) is 0 Å². The fourth-order valence-electron chi connectivity index (χ4n) is 3.41. The smallest absolute Gasteiger partial charge is 0.210 e. The van der Waals surface area contributed by atoms with Crippen molar-refractivity contribution < 1.29 is 4.79 Å². The van der Waals surface area contributed by atoms with Gasteiger partial charge in [-0.15, -0.1) is 0 Å². The second-order valence-electron chi connectivity index (χ2n) is 7.59. The zero-order valence-corrected chi connectivity index (χ0v) is 12.6. The molecule has 0 aromatic heterocycles. The van der Waals surface area contributed by atoms with E-state index >= 15 is 0 Å². The van der Waals surface area contributed by atoms with Crippen LogP contribution in [-0.2, 0) is 4.79 Å². The molecule has 1 aliphatic heterocycles. The van der Waals surface area contributed by atoms with Crippen LogP contribution in [0.3, 0.4) is 0 Å². The lowest BCUT2D eigenvalue weighted by molar-refractivity contribution is -0.163. The topological polar surface area (TPSA) is 20.3 Å². The van der Waals surface area contributed by atoms with Gasteiger partial charge in [-0.25, -0.2) is 0 Å². The lowest BCUT2D eigenvalue weighted by atomic mass is 9.63. The zero-order valence-electron chi connectivity index (χ0n) is 12.6. The molecular weight excluding hydrogens is 210 g/mol. The molecule has 3 atom stereocenters. The summed E-state index contributed by atoms with van der Waals surface area (Å²) in [7, 11) is 0. The van der Waals surface area contributed by atoms with Crippen molar-refractivity contribution in [1.82, 2.24) is 4.90 Å². The molecule has 0 aliphatic carbocycles. The summed E-state index contributed by atoms with van der Waals surface area (Å²) in [5.41, 5.74) is 0.366. The van der Waals surface area contributed by atoms with E-state index in [1.54, 1.807) is 0 Å². The van der Waals surface area contributed by atoms with Gasteiger partial charge in [0.15, 0.2) is 0 Å². The van der Waals surface area contributed by atoms with Crippen molar-refractivity contribution in [2.24, 2.45) is 17.3 Å². The lowest BCUT2D eigenvalue weighted by Crippen LogP contribution is -2.71. The molecule has 1 saturated heterocycles. The van der Waals surface area contributed by atoms with Gasteiger partial charge in [-0.1, -0.05) is 41.5 Å². The van der Waals surface area contributed by atoms with E-state index in [2.05, 4.69) is 53.4 Å². The van der Waals surface area contributed by atoms with Gasteiger partial charge in [0, 0.05) is 11.6 Å².